The lowest BCUT2D eigenvalue weighted by Crippen LogP contribution is -2.36. The summed E-state index contributed by atoms with van der Waals surface area (Å²) in [6, 6.07) is 11.3. The van der Waals surface area contributed by atoms with Gasteiger partial charge in [-0.25, -0.2) is 0 Å². The quantitative estimate of drug-likeness (QED) is 0.755. The molecule has 5 nitrogen and oxygen atoms in total. The molecule has 3 N–H and O–H groups in total. The van der Waals surface area contributed by atoms with Gasteiger partial charge in [-0.3, -0.25) is 4.55 Å². The number of hydrogen-bond acceptors (Lipinski definition) is 4. The van der Waals surface area contributed by atoms with Gasteiger partial charge in [0.15, 0.2) is 0 Å². The Kier molecular flexibility index (Phi) is 3.93. The molecule has 0 aliphatic heterocycles. The lowest BCUT2D eigenvalue weighted by atomic mass is 9.88. The van der Waals surface area contributed by atoms with Crippen molar-refractivity contribution in [1.29, 1.82) is 0 Å². The van der Waals surface area contributed by atoms with Crippen LogP contribution in [0.5, 0.6) is 11.5 Å². The van der Waals surface area contributed by atoms with E-state index in [-0.39, 0.29) is 17.9 Å². The van der Waals surface area contributed by atoms with Crippen molar-refractivity contribution in [3.05, 3.63) is 59.7 Å². The molecule has 0 radical (unpaired) electrons. The van der Waals surface area contributed by atoms with Crippen LogP contribution in [0.25, 0.3) is 0 Å². The summed E-state index contributed by atoms with van der Waals surface area (Å²) in [5.41, 5.74) is 0.687. The van der Waals surface area contributed by atoms with Gasteiger partial charge in [0.05, 0.1) is 0 Å². The first-order valence-corrected chi connectivity index (χ1v) is 7.81. The van der Waals surface area contributed by atoms with Crippen LogP contribution in [0.15, 0.2) is 48.5 Å². The monoisotopic (exact) mass is 308 g/mol. The van der Waals surface area contributed by atoms with E-state index in [2.05, 4.69) is 0 Å². The number of hydrogen-bond donors (Lipinski definition) is 3. The molecule has 21 heavy (non-hydrogen) atoms. The van der Waals surface area contributed by atoms with Crippen molar-refractivity contribution in [2.45, 2.75) is 18.1 Å². The first-order valence-electron chi connectivity index (χ1n) is 6.37. The molecule has 0 aliphatic carbocycles. The number of rotatable bonds is 4. The van der Waals surface area contributed by atoms with Crippen molar-refractivity contribution in [1.82, 2.24) is 0 Å². The topological polar surface area (TPSA) is 94.8 Å². The van der Waals surface area contributed by atoms with Crippen LogP contribution in [0.1, 0.15) is 24.5 Å². The minimum atomic E-state index is -4.47. The molecule has 0 unspecified atom stereocenters. The highest BCUT2D eigenvalue weighted by Crippen LogP contribution is 2.41. The predicted molar refractivity (Wildman–Crippen MR) is 78.8 cm³/mol. The van der Waals surface area contributed by atoms with Crippen LogP contribution in [-0.4, -0.2) is 23.2 Å². The van der Waals surface area contributed by atoms with E-state index in [0.717, 1.165) is 0 Å². The molecule has 0 fully saturated rings. The van der Waals surface area contributed by atoms with Gasteiger partial charge in [0.25, 0.3) is 10.1 Å². The molecule has 112 valence electrons. The average Bonchev–Trinajstić information content (AvgIpc) is 2.42. The van der Waals surface area contributed by atoms with Crippen LogP contribution >= 0.6 is 0 Å². The van der Waals surface area contributed by atoms with Crippen LogP contribution in [0.2, 0.25) is 0 Å². The number of phenols is 2. The summed E-state index contributed by atoms with van der Waals surface area (Å²) < 4.78 is 32.3. The van der Waals surface area contributed by atoms with Crippen molar-refractivity contribution in [2.24, 2.45) is 0 Å². The minimum Gasteiger partial charge on any atom is -0.508 e. The molecule has 0 spiro atoms. The van der Waals surface area contributed by atoms with Crippen molar-refractivity contribution in [3.8, 4) is 11.5 Å². The highest BCUT2D eigenvalue weighted by atomic mass is 32.2. The Morgan fingerprint density at radius 1 is 0.857 bits per heavy atom. The standard InChI is InChI=1S/C15H16O5S/c1-2-15(21(18,19)20,11-3-7-13(16)8-4-11)12-5-9-14(17)10-6-12/h3-10,16-17H,2H2,1H3,(H,18,19,20). The van der Waals surface area contributed by atoms with E-state index < -0.39 is 14.9 Å². The first kappa shape index (κ1) is 15.3. The molecule has 0 saturated heterocycles. The SMILES string of the molecule is CCC(c1ccc(O)cc1)(c1ccc(O)cc1)S(=O)(=O)O. The molecule has 2 rings (SSSR count). The van der Waals surface area contributed by atoms with E-state index in [1.807, 2.05) is 0 Å². The zero-order valence-corrected chi connectivity index (χ0v) is 12.2. The van der Waals surface area contributed by atoms with Crippen molar-refractivity contribution < 1.29 is 23.2 Å². The molecule has 0 amide bonds. The van der Waals surface area contributed by atoms with E-state index in [0.29, 0.717) is 11.1 Å². The summed E-state index contributed by atoms with van der Waals surface area (Å²) >= 11 is 0. The summed E-state index contributed by atoms with van der Waals surface area (Å²) in [6.07, 6.45) is 0.0986. The molecular weight excluding hydrogens is 292 g/mol. The van der Waals surface area contributed by atoms with Gasteiger partial charge in [-0.05, 0) is 41.8 Å². The second-order valence-electron chi connectivity index (χ2n) is 4.75. The smallest absolute Gasteiger partial charge is 0.279 e. The normalized spacial score (nSPS) is 12.3. The maximum atomic E-state index is 12.1. The molecule has 0 atom stereocenters. The Labute approximate surface area is 123 Å². The molecule has 0 saturated carbocycles. The van der Waals surface area contributed by atoms with Gasteiger partial charge in [0, 0.05) is 0 Å². The van der Waals surface area contributed by atoms with E-state index in [4.69, 9.17) is 0 Å². The van der Waals surface area contributed by atoms with Crippen LogP contribution in [0.4, 0.5) is 0 Å². The highest BCUT2D eigenvalue weighted by molar-refractivity contribution is 7.87. The summed E-state index contributed by atoms with van der Waals surface area (Å²) in [5, 5.41) is 18.7. The fraction of sp³-hybridized carbons (Fsp3) is 0.200. The van der Waals surface area contributed by atoms with Gasteiger partial charge < -0.3 is 10.2 Å². The summed E-state index contributed by atoms with van der Waals surface area (Å²) in [6.45, 7) is 1.65. The molecule has 0 aliphatic rings. The van der Waals surface area contributed by atoms with Gasteiger partial charge in [-0.2, -0.15) is 8.42 Å². The highest BCUT2D eigenvalue weighted by Gasteiger charge is 2.44. The van der Waals surface area contributed by atoms with Crippen molar-refractivity contribution in [3.63, 3.8) is 0 Å². The maximum absolute atomic E-state index is 12.1. The Morgan fingerprint density at radius 3 is 1.43 bits per heavy atom. The minimum absolute atomic E-state index is 0.00444. The predicted octanol–water partition coefficient (Wildman–Crippen LogP) is 2.64. The summed E-state index contributed by atoms with van der Waals surface area (Å²) in [5.74, 6) is 0.00888. The van der Waals surface area contributed by atoms with Gasteiger partial charge in [0.2, 0.25) is 0 Å². The van der Waals surface area contributed by atoms with Gasteiger partial charge in [-0.15, -0.1) is 0 Å². The summed E-state index contributed by atoms with van der Waals surface area (Å²) in [4.78, 5) is 0. The second-order valence-corrected chi connectivity index (χ2v) is 6.40. The van der Waals surface area contributed by atoms with E-state index in [1.165, 1.54) is 48.5 Å². The zero-order valence-electron chi connectivity index (χ0n) is 11.4. The first-order chi connectivity index (χ1) is 9.81. The summed E-state index contributed by atoms with van der Waals surface area (Å²) in [7, 11) is -4.47. The molecule has 0 heterocycles. The number of aromatic hydroxyl groups is 2. The van der Waals surface area contributed by atoms with Crippen LogP contribution in [-0.2, 0) is 14.9 Å². The number of benzene rings is 2. The van der Waals surface area contributed by atoms with Crippen molar-refractivity contribution in [2.75, 3.05) is 0 Å². The maximum Gasteiger partial charge on any atom is 0.279 e. The third-order valence-corrected chi connectivity index (χ3v) is 5.25. The van der Waals surface area contributed by atoms with E-state index in [9.17, 15) is 23.2 Å². The van der Waals surface area contributed by atoms with Crippen LogP contribution in [0, 0.1) is 0 Å². The van der Waals surface area contributed by atoms with Crippen LogP contribution in [0.3, 0.4) is 0 Å². The Hall–Kier alpha value is -2.05. The molecule has 2 aromatic rings. The molecule has 2 aromatic carbocycles. The zero-order chi connectivity index (χ0) is 15.7. The molecule has 0 bridgehead atoms. The van der Waals surface area contributed by atoms with E-state index in [1.54, 1.807) is 6.92 Å². The van der Waals surface area contributed by atoms with E-state index >= 15 is 0 Å². The number of phenolic OH excluding ortho intramolecular Hbond substituents is 2. The molecule has 0 aromatic heterocycles. The average molecular weight is 308 g/mol. The second kappa shape index (κ2) is 5.38. The van der Waals surface area contributed by atoms with Crippen LogP contribution < -0.4 is 0 Å². The lowest BCUT2D eigenvalue weighted by molar-refractivity contribution is 0.438. The van der Waals surface area contributed by atoms with Gasteiger partial charge in [0.1, 0.15) is 16.2 Å². The molecule has 6 heteroatoms. The largest absolute Gasteiger partial charge is 0.508 e. The Balaban J connectivity index is 2.76. The van der Waals surface area contributed by atoms with Gasteiger partial charge in [-0.1, -0.05) is 31.2 Å². The fourth-order valence-electron chi connectivity index (χ4n) is 2.52. The third kappa shape index (κ3) is 2.59. The lowest BCUT2D eigenvalue weighted by Gasteiger charge is -2.30. The van der Waals surface area contributed by atoms with Crippen molar-refractivity contribution >= 4 is 10.1 Å². The fourth-order valence-corrected chi connectivity index (χ4v) is 3.75. The Bertz CT molecular complexity index is 672. The Morgan fingerprint density at radius 2 is 1.19 bits per heavy atom. The van der Waals surface area contributed by atoms with Gasteiger partial charge >= 0.3 is 0 Å². The molecular formula is C15H16O5S. The third-order valence-electron chi connectivity index (χ3n) is 3.61.